The molecule has 0 spiro atoms. The summed E-state index contributed by atoms with van der Waals surface area (Å²) in [4.78, 5) is 16.0. The predicted molar refractivity (Wildman–Crippen MR) is 67.1 cm³/mol. The molecule has 2 aromatic heterocycles. The summed E-state index contributed by atoms with van der Waals surface area (Å²) in [7, 11) is 0. The molecule has 1 amide bonds. The zero-order valence-electron chi connectivity index (χ0n) is 9.87. The Bertz CT molecular complexity index is 704. The number of benzene rings is 1. The quantitative estimate of drug-likeness (QED) is 0.716. The second-order valence-electron chi connectivity index (χ2n) is 3.91. The van der Waals surface area contributed by atoms with Gasteiger partial charge in [0.25, 0.3) is 11.7 Å². The SMILES string of the molecule is O=C(NCc1cccc2cccnc12)c1nn[nH]n1. The van der Waals surface area contributed by atoms with Crippen LogP contribution >= 0.6 is 0 Å². The van der Waals surface area contributed by atoms with Crippen LogP contribution < -0.4 is 5.32 Å². The van der Waals surface area contributed by atoms with Crippen molar-refractivity contribution in [3.8, 4) is 0 Å². The van der Waals surface area contributed by atoms with E-state index >= 15 is 0 Å². The van der Waals surface area contributed by atoms with E-state index in [2.05, 4.69) is 30.9 Å². The van der Waals surface area contributed by atoms with Crippen LogP contribution in [0, 0.1) is 0 Å². The summed E-state index contributed by atoms with van der Waals surface area (Å²) >= 11 is 0. The highest BCUT2D eigenvalue weighted by Gasteiger charge is 2.10. The van der Waals surface area contributed by atoms with Crippen molar-refractivity contribution in [1.29, 1.82) is 0 Å². The maximum Gasteiger partial charge on any atom is 0.293 e. The molecule has 19 heavy (non-hydrogen) atoms. The second-order valence-corrected chi connectivity index (χ2v) is 3.91. The highest BCUT2D eigenvalue weighted by atomic mass is 16.2. The van der Waals surface area contributed by atoms with Gasteiger partial charge < -0.3 is 5.32 Å². The average molecular weight is 254 g/mol. The van der Waals surface area contributed by atoms with Crippen molar-refractivity contribution in [2.24, 2.45) is 0 Å². The normalized spacial score (nSPS) is 10.5. The maximum absolute atomic E-state index is 11.7. The van der Waals surface area contributed by atoms with Crippen molar-refractivity contribution in [3.05, 3.63) is 47.9 Å². The molecule has 7 heteroatoms. The number of carbonyl (C=O) groups excluding carboxylic acids is 1. The molecule has 2 N–H and O–H groups in total. The molecule has 1 aromatic carbocycles. The molecule has 0 aliphatic carbocycles. The lowest BCUT2D eigenvalue weighted by Crippen LogP contribution is -2.24. The molecule has 3 rings (SSSR count). The molecule has 0 atom stereocenters. The molecule has 0 saturated carbocycles. The molecule has 0 fully saturated rings. The number of hydrogen-bond acceptors (Lipinski definition) is 5. The number of pyridine rings is 1. The Morgan fingerprint density at radius 1 is 1.26 bits per heavy atom. The van der Waals surface area contributed by atoms with Crippen molar-refractivity contribution >= 4 is 16.8 Å². The number of carbonyl (C=O) groups is 1. The number of hydrogen-bond donors (Lipinski definition) is 2. The van der Waals surface area contributed by atoms with Crippen LogP contribution in [0.2, 0.25) is 0 Å². The van der Waals surface area contributed by atoms with E-state index in [1.807, 2.05) is 30.3 Å². The topological polar surface area (TPSA) is 96.5 Å². The van der Waals surface area contributed by atoms with Crippen molar-refractivity contribution in [1.82, 2.24) is 30.9 Å². The predicted octanol–water partition coefficient (Wildman–Crippen LogP) is 0.678. The Hall–Kier alpha value is -2.83. The third-order valence-electron chi connectivity index (χ3n) is 2.70. The molecule has 0 bridgehead atoms. The van der Waals surface area contributed by atoms with E-state index in [1.165, 1.54) is 0 Å². The average Bonchev–Trinajstić information content (AvgIpc) is 2.99. The minimum atomic E-state index is -0.373. The van der Waals surface area contributed by atoms with E-state index in [0.717, 1.165) is 16.5 Å². The van der Waals surface area contributed by atoms with Crippen LogP contribution in [-0.4, -0.2) is 31.5 Å². The van der Waals surface area contributed by atoms with Crippen molar-refractivity contribution < 1.29 is 4.79 Å². The summed E-state index contributed by atoms with van der Waals surface area (Å²) in [6.07, 6.45) is 1.73. The molecular formula is C12H10N6O. The van der Waals surface area contributed by atoms with Crippen LogP contribution in [0.4, 0.5) is 0 Å². The van der Waals surface area contributed by atoms with Gasteiger partial charge in [-0.1, -0.05) is 24.3 Å². The lowest BCUT2D eigenvalue weighted by molar-refractivity contribution is 0.0940. The Kier molecular flexibility index (Phi) is 2.85. The number of H-pyrrole nitrogens is 1. The Morgan fingerprint density at radius 3 is 3.00 bits per heavy atom. The standard InChI is InChI=1S/C12H10N6O/c19-12(11-15-17-18-16-11)14-7-9-4-1-3-8-5-2-6-13-10(8)9/h1-6H,7H2,(H,14,19)(H,15,16,17,18). The maximum atomic E-state index is 11.7. The van der Waals surface area contributed by atoms with Gasteiger partial charge in [-0.25, -0.2) is 0 Å². The fourth-order valence-corrected chi connectivity index (χ4v) is 1.82. The Labute approximate surface area is 108 Å². The highest BCUT2D eigenvalue weighted by Crippen LogP contribution is 2.15. The zero-order chi connectivity index (χ0) is 13.1. The van der Waals surface area contributed by atoms with Crippen LogP contribution in [0.15, 0.2) is 36.5 Å². The summed E-state index contributed by atoms with van der Waals surface area (Å²) in [5.41, 5.74) is 1.81. The number of aromatic amines is 1. The molecule has 2 heterocycles. The fraction of sp³-hybridized carbons (Fsp3) is 0.0833. The van der Waals surface area contributed by atoms with Gasteiger partial charge in [-0.15, -0.1) is 10.2 Å². The molecule has 0 radical (unpaired) electrons. The lowest BCUT2D eigenvalue weighted by atomic mass is 10.1. The summed E-state index contributed by atoms with van der Waals surface area (Å²) in [6, 6.07) is 9.69. The van der Waals surface area contributed by atoms with Gasteiger partial charge in [0.15, 0.2) is 0 Å². The fourth-order valence-electron chi connectivity index (χ4n) is 1.82. The molecule has 0 saturated heterocycles. The number of para-hydroxylation sites is 1. The monoisotopic (exact) mass is 254 g/mol. The number of tetrazole rings is 1. The van der Waals surface area contributed by atoms with Gasteiger partial charge in [0.05, 0.1) is 5.52 Å². The van der Waals surface area contributed by atoms with Crippen LogP contribution in [0.5, 0.6) is 0 Å². The molecule has 0 aliphatic heterocycles. The van der Waals surface area contributed by atoms with E-state index < -0.39 is 0 Å². The first-order valence-corrected chi connectivity index (χ1v) is 5.69. The first-order valence-electron chi connectivity index (χ1n) is 5.69. The zero-order valence-corrected chi connectivity index (χ0v) is 9.87. The van der Waals surface area contributed by atoms with Crippen molar-refractivity contribution in [2.75, 3.05) is 0 Å². The van der Waals surface area contributed by atoms with Crippen molar-refractivity contribution in [2.45, 2.75) is 6.54 Å². The van der Waals surface area contributed by atoms with E-state index in [1.54, 1.807) is 6.20 Å². The third-order valence-corrected chi connectivity index (χ3v) is 2.70. The van der Waals surface area contributed by atoms with E-state index in [-0.39, 0.29) is 11.7 Å². The Morgan fingerprint density at radius 2 is 2.16 bits per heavy atom. The molecule has 0 aliphatic rings. The summed E-state index contributed by atoms with van der Waals surface area (Å²) in [6.45, 7) is 0.363. The van der Waals surface area contributed by atoms with Crippen LogP contribution in [0.1, 0.15) is 16.2 Å². The van der Waals surface area contributed by atoms with E-state index in [0.29, 0.717) is 6.54 Å². The van der Waals surface area contributed by atoms with Gasteiger partial charge in [-0.3, -0.25) is 9.78 Å². The van der Waals surface area contributed by atoms with Gasteiger partial charge in [-0.05, 0) is 16.8 Å². The molecule has 94 valence electrons. The van der Waals surface area contributed by atoms with Gasteiger partial charge in [-0.2, -0.15) is 5.21 Å². The summed E-state index contributed by atoms with van der Waals surface area (Å²) in [5.74, 6) is -0.352. The third kappa shape index (κ3) is 2.25. The van der Waals surface area contributed by atoms with Gasteiger partial charge in [0, 0.05) is 18.1 Å². The molecule has 0 unspecified atom stereocenters. The van der Waals surface area contributed by atoms with Gasteiger partial charge in [0.1, 0.15) is 0 Å². The minimum Gasteiger partial charge on any atom is -0.345 e. The minimum absolute atomic E-state index is 0.0215. The molecule has 7 nitrogen and oxygen atoms in total. The van der Waals surface area contributed by atoms with Crippen molar-refractivity contribution in [3.63, 3.8) is 0 Å². The Balaban J connectivity index is 1.81. The van der Waals surface area contributed by atoms with Gasteiger partial charge in [0.2, 0.25) is 0 Å². The highest BCUT2D eigenvalue weighted by molar-refractivity contribution is 5.90. The lowest BCUT2D eigenvalue weighted by Gasteiger charge is -2.06. The first kappa shape index (κ1) is 11.3. The first-order chi connectivity index (χ1) is 9.34. The van der Waals surface area contributed by atoms with E-state index in [9.17, 15) is 4.79 Å². The number of rotatable bonds is 3. The largest absolute Gasteiger partial charge is 0.345 e. The summed E-state index contributed by atoms with van der Waals surface area (Å²) < 4.78 is 0. The smallest absolute Gasteiger partial charge is 0.293 e. The number of amides is 1. The number of nitrogens with zero attached hydrogens (tertiary/aromatic N) is 4. The van der Waals surface area contributed by atoms with Crippen LogP contribution in [0.3, 0.4) is 0 Å². The number of nitrogens with one attached hydrogen (secondary N) is 2. The second kappa shape index (κ2) is 4.81. The summed E-state index contributed by atoms with van der Waals surface area (Å²) in [5, 5.41) is 16.6. The molecular weight excluding hydrogens is 244 g/mol. The van der Waals surface area contributed by atoms with Gasteiger partial charge >= 0.3 is 0 Å². The number of aromatic nitrogens is 5. The van der Waals surface area contributed by atoms with Crippen LogP contribution in [-0.2, 0) is 6.54 Å². The van der Waals surface area contributed by atoms with Crippen LogP contribution in [0.25, 0.3) is 10.9 Å². The molecule has 3 aromatic rings. The van der Waals surface area contributed by atoms with E-state index in [4.69, 9.17) is 0 Å². The number of fused-ring (bicyclic) bond motifs is 1.